The molecule has 1 unspecified atom stereocenters. The zero-order valence-corrected chi connectivity index (χ0v) is 13.0. The molecule has 0 spiro atoms. The minimum absolute atomic E-state index is 0.357. The van der Waals surface area contributed by atoms with Crippen LogP contribution in [-0.2, 0) is 22.4 Å². The maximum absolute atomic E-state index is 11.9. The Balaban J connectivity index is 1.95. The third-order valence-electron chi connectivity index (χ3n) is 3.71. The highest BCUT2D eigenvalue weighted by Crippen LogP contribution is 2.18. The molecular formula is C15H25N3O3. The summed E-state index contributed by atoms with van der Waals surface area (Å²) in [6.07, 6.45) is 6.50. The predicted octanol–water partition coefficient (Wildman–Crippen LogP) is 2.37. The lowest BCUT2D eigenvalue weighted by Gasteiger charge is -2.10. The molecule has 0 radical (unpaired) electrons. The minimum Gasteiger partial charge on any atom is -0.461 e. The second kappa shape index (κ2) is 8.12. The van der Waals surface area contributed by atoms with E-state index in [0.717, 1.165) is 50.9 Å². The number of esters is 1. The van der Waals surface area contributed by atoms with Crippen molar-refractivity contribution < 1.29 is 14.3 Å². The molecule has 2 heterocycles. The van der Waals surface area contributed by atoms with E-state index < -0.39 is 0 Å². The van der Waals surface area contributed by atoms with Gasteiger partial charge < -0.3 is 9.47 Å². The molecule has 0 N–H and O–H groups in total. The number of carbonyl (C=O) groups is 1. The number of aryl methyl sites for hydroxylation is 1. The van der Waals surface area contributed by atoms with E-state index in [9.17, 15) is 4.79 Å². The van der Waals surface area contributed by atoms with E-state index in [1.165, 1.54) is 6.42 Å². The van der Waals surface area contributed by atoms with Gasteiger partial charge in [0.2, 0.25) is 0 Å². The molecule has 1 aliphatic heterocycles. The summed E-state index contributed by atoms with van der Waals surface area (Å²) < 4.78 is 12.5. The van der Waals surface area contributed by atoms with E-state index in [0.29, 0.717) is 18.4 Å². The molecule has 2 rings (SSSR count). The Morgan fingerprint density at radius 1 is 1.48 bits per heavy atom. The molecular weight excluding hydrogens is 270 g/mol. The summed E-state index contributed by atoms with van der Waals surface area (Å²) in [6, 6.07) is 0. The molecule has 1 aromatic heterocycles. The van der Waals surface area contributed by atoms with Crippen molar-refractivity contribution in [2.75, 3.05) is 13.2 Å². The Bertz CT molecular complexity index is 453. The van der Waals surface area contributed by atoms with E-state index in [-0.39, 0.29) is 5.97 Å². The van der Waals surface area contributed by atoms with Crippen LogP contribution in [0.4, 0.5) is 0 Å². The molecule has 1 fully saturated rings. The lowest BCUT2D eigenvalue weighted by Crippen LogP contribution is -2.12. The van der Waals surface area contributed by atoms with Gasteiger partial charge in [-0.25, -0.2) is 9.48 Å². The third kappa shape index (κ3) is 4.27. The van der Waals surface area contributed by atoms with Crippen molar-refractivity contribution >= 4 is 5.97 Å². The zero-order chi connectivity index (χ0) is 15.1. The van der Waals surface area contributed by atoms with Crippen molar-refractivity contribution in [3.8, 4) is 0 Å². The highest BCUT2D eigenvalue weighted by molar-refractivity contribution is 5.88. The van der Waals surface area contributed by atoms with Gasteiger partial charge in [0.05, 0.1) is 18.4 Å². The molecule has 0 saturated carbocycles. The van der Waals surface area contributed by atoms with E-state index in [4.69, 9.17) is 9.47 Å². The second-order valence-corrected chi connectivity index (χ2v) is 5.36. The van der Waals surface area contributed by atoms with E-state index in [1.807, 2.05) is 4.68 Å². The molecule has 1 saturated heterocycles. The van der Waals surface area contributed by atoms with Crippen molar-refractivity contribution in [2.24, 2.45) is 0 Å². The fraction of sp³-hybridized carbons (Fsp3) is 0.800. The van der Waals surface area contributed by atoms with Gasteiger partial charge in [-0.1, -0.05) is 18.6 Å². The number of aromatic nitrogens is 3. The molecule has 6 heteroatoms. The van der Waals surface area contributed by atoms with Gasteiger partial charge in [0, 0.05) is 13.2 Å². The Hall–Kier alpha value is -1.43. The molecule has 1 atom stereocenters. The van der Waals surface area contributed by atoms with Crippen molar-refractivity contribution in [2.45, 2.75) is 65.0 Å². The number of rotatable bonds is 8. The Kier molecular flexibility index (Phi) is 6.17. The SMILES string of the molecule is CCCc1c(C(=O)OCC)nnn1CCCC1CCCO1. The van der Waals surface area contributed by atoms with Crippen LogP contribution in [0, 0.1) is 0 Å². The Labute approximate surface area is 125 Å². The lowest BCUT2D eigenvalue weighted by molar-refractivity contribution is 0.0518. The number of nitrogens with zero attached hydrogens (tertiary/aromatic N) is 3. The Morgan fingerprint density at radius 2 is 2.33 bits per heavy atom. The average Bonchev–Trinajstić information content (AvgIpc) is 3.10. The number of hydrogen-bond donors (Lipinski definition) is 0. The molecule has 1 aliphatic rings. The van der Waals surface area contributed by atoms with Crippen LogP contribution in [0.1, 0.15) is 62.1 Å². The van der Waals surface area contributed by atoms with Gasteiger partial charge in [-0.05, 0) is 39.0 Å². The van der Waals surface area contributed by atoms with Crippen molar-refractivity contribution in [3.63, 3.8) is 0 Å². The molecule has 21 heavy (non-hydrogen) atoms. The van der Waals surface area contributed by atoms with Crippen LogP contribution in [0.3, 0.4) is 0 Å². The third-order valence-corrected chi connectivity index (χ3v) is 3.71. The van der Waals surface area contributed by atoms with Gasteiger partial charge in [0.1, 0.15) is 0 Å². The summed E-state index contributed by atoms with van der Waals surface area (Å²) in [5.74, 6) is -0.369. The quantitative estimate of drug-likeness (QED) is 0.689. The van der Waals surface area contributed by atoms with E-state index in [2.05, 4.69) is 17.2 Å². The minimum atomic E-state index is -0.369. The fourth-order valence-corrected chi connectivity index (χ4v) is 2.70. The summed E-state index contributed by atoms with van der Waals surface area (Å²) in [5.41, 5.74) is 1.26. The van der Waals surface area contributed by atoms with Crippen molar-refractivity contribution in [3.05, 3.63) is 11.4 Å². The monoisotopic (exact) mass is 295 g/mol. The summed E-state index contributed by atoms with van der Waals surface area (Å²) in [4.78, 5) is 11.9. The van der Waals surface area contributed by atoms with Crippen LogP contribution in [-0.4, -0.2) is 40.3 Å². The van der Waals surface area contributed by atoms with Crippen LogP contribution in [0.15, 0.2) is 0 Å². The Morgan fingerprint density at radius 3 is 3.00 bits per heavy atom. The second-order valence-electron chi connectivity index (χ2n) is 5.36. The molecule has 118 valence electrons. The average molecular weight is 295 g/mol. The lowest BCUT2D eigenvalue weighted by atomic mass is 10.1. The first-order valence-electron chi connectivity index (χ1n) is 7.97. The maximum atomic E-state index is 11.9. The normalized spacial score (nSPS) is 18.1. The van der Waals surface area contributed by atoms with Gasteiger partial charge in [0.15, 0.2) is 5.69 Å². The highest BCUT2D eigenvalue weighted by atomic mass is 16.5. The molecule has 6 nitrogen and oxygen atoms in total. The summed E-state index contributed by atoms with van der Waals surface area (Å²) in [6.45, 7) is 5.90. The first-order valence-corrected chi connectivity index (χ1v) is 7.97. The van der Waals surface area contributed by atoms with Gasteiger partial charge in [-0.15, -0.1) is 5.10 Å². The zero-order valence-electron chi connectivity index (χ0n) is 13.0. The molecule has 1 aromatic rings. The smallest absolute Gasteiger partial charge is 0.360 e. The van der Waals surface area contributed by atoms with Crippen molar-refractivity contribution in [1.82, 2.24) is 15.0 Å². The van der Waals surface area contributed by atoms with Crippen LogP contribution >= 0.6 is 0 Å². The standard InChI is InChI=1S/C15H25N3O3/c1-3-7-13-14(15(19)20-4-2)16-17-18(13)10-5-8-12-9-6-11-21-12/h12H,3-11H2,1-2H3. The predicted molar refractivity (Wildman–Crippen MR) is 78.2 cm³/mol. The van der Waals surface area contributed by atoms with Crippen LogP contribution in [0.25, 0.3) is 0 Å². The van der Waals surface area contributed by atoms with Gasteiger partial charge >= 0.3 is 5.97 Å². The van der Waals surface area contributed by atoms with Crippen LogP contribution in [0.2, 0.25) is 0 Å². The van der Waals surface area contributed by atoms with Gasteiger partial charge in [0.25, 0.3) is 0 Å². The van der Waals surface area contributed by atoms with Crippen molar-refractivity contribution in [1.29, 1.82) is 0 Å². The largest absolute Gasteiger partial charge is 0.461 e. The van der Waals surface area contributed by atoms with E-state index >= 15 is 0 Å². The van der Waals surface area contributed by atoms with Gasteiger partial charge in [-0.2, -0.15) is 0 Å². The highest BCUT2D eigenvalue weighted by Gasteiger charge is 2.20. The number of hydrogen-bond acceptors (Lipinski definition) is 5. The summed E-state index contributed by atoms with van der Waals surface area (Å²) >= 11 is 0. The fourth-order valence-electron chi connectivity index (χ4n) is 2.70. The molecule has 0 aliphatic carbocycles. The van der Waals surface area contributed by atoms with Crippen LogP contribution in [0.5, 0.6) is 0 Å². The van der Waals surface area contributed by atoms with Gasteiger partial charge in [-0.3, -0.25) is 0 Å². The maximum Gasteiger partial charge on any atom is 0.360 e. The molecule has 0 amide bonds. The summed E-state index contributed by atoms with van der Waals surface area (Å²) in [7, 11) is 0. The van der Waals surface area contributed by atoms with Crippen LogP contribution < -0.4 is 0 Å². The summed E-state index contributed by atoms with van der Waals surface area (Å²) in [5, 5.41) is 8.14. The molecule has 0 bridgehead atoms. The van der Waals surface area contributed by atoms with E-state index in [1.54, 1.807) is 6.92 Å². The number of carbonyl (C=O) groups excluding carboxylic acids is 1. The first kappa shape index (κ1) is 15.9. The number of ether oxygens (including phenoxy) is 2. The topological polar surface area (TPSA) is 66.2 Å². The first-order chi connectivity index (χ1) is 10.3. The molecule has 0 aromatic carbocycles.